The van der Waals surface area contributed by atoms with Crippen LogP contribution in [-0.2, 0) is 0 Å². The average molecular weight is 449 g/mol. The van der Waals surface area contributed by atoms with Gasteiger partial charge in [-0.3, -0.25) is 9.59 Å². The van der Waals surface area contributed by atoms with E-state index in [-0.39, 0.29) is 12.0 Å². The Labute approximate surface area is 195 Å². The summed E-state index contributed by atoms with van der Waals surface area (Å²) in [6.45, 7) is 0. The molecule has 0 saturated carbocycles. The first-order valence-electron chi connectivity index (χ1n) is 10.8. The van der Waals surface area contributed by atoms with Crippen LogP contribution in [0.25, 0.3) is 5.70 Å². The summed E-state index contributed by atoms with van der Waals surface area (Å²) in [5.74, 6) is 0.362. The lowest BCUT2D eigenvalue weighted by Crippen LogP contribution is -2.30. The Morgan fingerprint density at radius 3 is 2.15 bits per heavy atom. The zero-order valence-corrected chi connectivity index (χ0v) is 18.2. The fraction of sp³-hybridized carbons (Fsp3) is 0.0769. The van der Waals surface area contributed by atoms with Crippen LogP contribution in [0.5, 0.6) is 5.75 Å². The summed E-state index contributed by atoms with van der Waals surface area (Å²) in [7, 11) is 1.62. The van der Waals surface area contributed by atoms with Gasteiger partial charge in [0.1, 0.15) is 11.8 Å². The zero-order chi connectivity index (χ0) is 23.2. The number of imide groups is 1. The van der Waals surface area contributed by atoms with Crippen molar-refractivity contribution in [3.05, 3.63) is 107 Å². The van der Waals surface area contributed by atoms with Crippen molar-refractivity contribution in [1.29, 1.82) is 0 Å². The number of hydrogen-bond acceptors (Lipinski definition) is 6. The van der Waals surface area contributed by atoms with Crippen LogP contribution in [0.1, 0.15) is 37.9 Å². The number of ether oxygens (including phenoxy) is 1. The van der Waals surface area contributed by atoms with Gasteiger partial charge in [0.05, 0.1) is 18.2 Å². The van der Waals surface area contributed by atoms with Crippen molar-refractivity contribution in [2.45, 2.75) is 6.04 Å². The largest absolute Gasteiger partial charge is 0.497 e. The summed E-state index contributed by atoms with van der Waals surface area (Å²) in [6.07, 6.45) is 2.05. The number of amides is 2. The number of nitrogens with zero attached hydrogens (tertiary/aromatic N) is 4. The molecule has 0 saturated heterocycles. The molecule has 166 valence electrons. The van der Waals surface area contributed by atoms with Crippen LogP contribution in [0.4, 0.5) is 11.9 Å². The molecule has 1 atom stereocenters. The maximum Gasteiger partial charge on any atom is 0.268 e. The monoisotopic (exact) mass is 449 g/mol. The lowest BCUT2D eigenvalue weighted by Gasteiger charge is -2.24. The van der Waals surface area contributed by atoms with Gasteiger partial charge >= 0.3 is 0 Å². The fourth-order valence-corrected chi connectivity index (χ4v) is 4.27. The second-order valence-corrected chi connectivity index (χ2v) is 7.96. The number of methoxy groups -OCH3 is 1. The summed E-state index contributed by atoms with van der Waals surface area (Å²) in [5.41, 5.74) is 3.50. The third kappa shape index (κ3) is 3.07. The number of nitrogens with one attached hydrogen (secondary N) is 1. The lowest BCUT2D eigenvalue weighted by molar-refractivity contribution is 0.0923. The van der Waals surface area contributed by atoms with Crippen LogP contribution < -0.4 is 15.0 Å². The number of fused-ring (bicyclic) bond motifs is 2. The predicted octanol–water partition coefficient (Wildman–Crippen LogP) is 4.14. The number of aromatic nitrogens is 3. The number of anilines is 2. The predicted molar refractivity (Wildman–Crippen MR) is 127 cm³/mol. The van der Waals surface area contributed by atoms with E-state index < -0.39 is 11.8 Å². The van der Waals surface area contributed by atoms with Crippen LogP contribution in [-0.4, -0.2) is 33.7 Å². The third-order valence-corrected chi connectivity index (χ3v) is 5.99. The van der Waals surface area contributed by atoms with Gasteiger partial charge in [-0.05, 0) is 41.5 Å². The van der Waals surface area contributed by atoms with Crippen molar-refractivity contribution in [1.82, 2.24) is 14.8 Å². The first kappa shape index (κ1) is 19.9. The van der Waals surface area contributed by atoms with Crippen LogP contribution in [0.3, 0.4) is 0 Å². The second-order valence-electron chi connectivity index (χ2n) is 7.96. The normalized spacial score (nSPS) is 16.6. The highest BCUT2D eigenvalue weighted by molar-refractivity contribution is 6.33. The molecule has 8 heteroatoms. The molecule has 0 radical (unpaired) electrons. The fourth-order valence-electron chi connectivity index (χ4n) is 4.27. The molecule has 34 heavy (non-hydrogen) atoms. The molecule has 1 unspecified atom stereocenters. The van der Waals surface area contributed by atoms with E-state index in [1.54, 1.807) is 36.1 Å². The Hall–Kier alpha value is -4.72. The van der Waals surface area contributed by atoms with Gasteiger partial charge in [0, 0.05) is 5.70 Å². The molecular weight excluding hydrogens is 430 g/mol. The van der Waals surface area contributed by atoms with Crippen molar-refractivity contribution in [3.8, 4) is 5.75 Å². The van der Waals surface area contributed by atoms with Crippen LogP contribution in [0.15, 0.2) is 84.9 Å². The number of carbonyl (C=O) groups excluding carboxylic acids is 2. The van der Waals surface area contributed by atoms with Gasteiger partial charge in [-0.1, -0.05) is 54.6 Å². The van der Waals surface area contributed by atoms with Crippen molar-refractivity contribution in [2.75, 3.05) is 17.3 Å². The number of carbonyl (C=O) groups is 2. The first-order valence-corrected chi connectivity index (χ1v) is 10.8. The molecule has 3 heterocycles. The van der Waals surface area contributed by atoms with Gasteiger partial charge in [-0.25, -0.2) is 9.58 Å². The van der Waals surface area contributed by atoms with E-state index in [1.807, 2.05) is 60.7 Å². The maximum absolute atomic E-state index is 13.0. The average Bonchev–Trinajstić information content (AvgIpc) is 3.42. The van der Waals surface area contributed by atoms with Crippen LogP contribution >= 0.6 is 0 Å². The minimum Gasteiger partial charge on any atom is -0.497 e. The molecule has 4 aromatic rings. The summed E-state index contributed by atoms with van der Waals surface area (Å²) in [5, 5.41) is 7.90. The van der Waals surface area contributed by atoms with E-state index in [1.165, 1.54) is 0 Å². The van der Waals surface area contributed by atoms with Gasteiger partial charge < -0.3 is 10.1 Å². The standard InChI is InChI=1S/C26H19N5O3/c1-34-18-13-11-17(12-14-18)22-15-21(16-7-3-2-4-8-16)27-25-28-26(29-31(22)25)30-23(32)19-9-5-6-10-20(19)24(30)33/h2-15,22H,1H3,(H,27,28,29). The number of hydrogen-bond donors (Lipinski definition) is 1. The molecule has 6 rings (SSSR count). The molecule has 0 spiro atoms. The highest BCUT2D eigenvalue weighted by Crippen LogP contribution is 2.35. The Morgan fingerprint density at radius 2 is 1.50 bits per heavy atom. The van der Waals surface area contributed by atoms with Crippen molar-refractivity contribution in [2.24, 2.45) is 0 Å². The molecule has 2 amide bonds. The third-order valence-electron chi connectivity index (χ3n) is 5.99. The van der Waals surface area contributed by atoms with Crippen LogP contribution in [0.2, 0.25) is 0 Å². The molecule has 1 N–H and O–H groups in total. The minimum absolute atomic E-state index is 0.0370. The molecule has 8 nitrogen and oxygen atoms in total. The lowest BCUT2D eigenvalue weighted by atomic mass is 10.0. The molecule has 0 aliphatic carbocycles. The number of rotatable bonds is 4. The SMILES string of the molecule is COc1ccc(C2C=C(c3ccccc3)Nc3nc(N4C(=O)c5ccccc5C4=O)nn32)cc1. The van der Waals surface area contributed by atoms with E-state index in [9.17, 15) is 9.59 Å². The van der Waals surface area contributed by atoms with E-state index in [0.29, 0.717) is 17.1 Å². The Kier molecular flexibility index (Phi) is 4.51. The molecule has 3 aromatic carbocycles. The van der Waals surface area contributed by atoms with Crippen molar-refractivity contribution >= 4 is 29.4 Å². The van der Waals surface area contributed by atoms with Crippen molar-refractivity contribution in [3.63, 3.8) is 0 Å². The molecule has 2 aliphatic heterocycles. The van der Waals surface area contributed by atoms with E-state index in [0.717, 1.165) is 27.5 Å². The summed E-state index contributed by atoms with van der Waals surface area (Å²) < 4.78 is 6.99. The van der Waals surface area contributed by atoms with Gasteiger partial charge in [-0.15, -0.1) is 5.10 Å². The quantitative estimate of drug-likeness (QED) is 0.471. The van der Waals surface area contributed by atoms with Gasteiger partial charge in [-0.2, -0.15) is 4.98 Å². The van der Waals surface area contributed by atoms with Gasteiger partial charge in [0.25, 0.3) is 17.8 Å². The van der Waals surface area contributed by atoms with E-state index in [2.05, 4.69) is 15.4 Å². The maximum atomic E-state index is 13.0. The minimum atomic E-state index is -0.430. The Balaban J connectivity index is 1.45. The summed E-state index contributed by atoms with van der Waals surface area (Å²) in [6, 6.07) is 24.0. The highest BCUT2D eigenvalue weighted by atomic mass is 16.5. The molecular formula is C26H19N5O3. The highest BCUT2D eigenvalue weighted by Gasteiger charge is 2.40. The van der Waals surface area contributed by atoms with E-state index >= 15 is 0 Å². The molecule has 2 aliphatic rings. The number of allylic oxidation sites excluding steroid dienone is 1. The van der Waals surface area contributed by atoms with Crippen molar-refractivity contribution < 1.29 is 14.3 Å². The summed E-state index contributed by atoms with van der Waals surface area (Å²) >= 11 is 0. The Bertz CT molecular complexity index is 1420. The van der Waals surface area contributed by atoms with E-state index in [4.69, 9.17) is 4.74 Å². The summed E-state index contributed by atoms with van der Waals surface area (Å²) in [4.78, 5) is 31.6. The van der Waals surface area contributed by atoms with Gasteiger partial charge in [0.15, 0.2) is 0 Å². The molecule has 0 fully saturated rings. The van der Waals surface area contributed by atoms with Crippen LogP contribution in [0, 0.1) is 0 Å². The molecule has 0 bridgehead atoms. The smallest absolute Gasteiger partial charge is 0.268 e. The van der Waals surface area contributed by atoms with Gasteiger partial charge in [0.2, 0.25) is 5.95 Å². The first-order chi connectivity index (χ1) is 16.6. The topological polar surface area (TPSA) is 89.3 Å². The second kappa shape index (κ2) is 7.70. The number of benzene rings is 3. The molecule has 1 aromatic heterocycles. The Morgan fingerprint density at radius 1 is 0.853 bits per heavy atom. The zero-order valence-electron chi connectivity index (χ0n) is 18.2.